The molecule has 0 radical (unpaired) electrons. The summed E-state index contributed by atoms with van der Waals surface area (Å²) in [5.41, 5.74) is 36.1. The first-order valence-electron chi connectivity index (χ1n) is 6.98. The van der Waals surface area contributed by atoms with Crippen molar-refractivity contribution in [3.8, 4) is 11.1 Å². The van der Waals surface area contributed by atoms with Crippen molar-refractivity contribution in [1.29, 1.82) is 0 Å². The molecular weight excluding hydrogens is 336 g/mol. The van der Waals surface area contributed by atoms with Gasteiger partial charge in [-0.2, -0.15) is 0 Å². The van der Waals surface area contributed by atoms with Crippen molar-refractivity contribution in [3.05, 3.63) is 78.2 Å². The number of hydrogen-bond donors (Lipinski definition) is 0. The van der Waals surface area contributed by atoms with Gasteiger partial charge in [0.05, 0.1) is 17.1 Å². The normalized spacial score (nSPS) is 9.54. The van der Waals surface area contributed by atoms with E-state index in [-0.39, 0.29) is 28.3 Å². The van der Waals surface area contributed by atoms with Crippen LogP contribution in [0.4, 0.5) is 22.7 Å². The Morgan fingerprint density at radius 1 is 0.577 bits per heavy atom. The van der Waals surface area contributed by atoms with Crippen LogP contribution in [-0.2, 0) is 0 Å². The summed E-state index contributed by atoms with van der Waals surface area (Å²) >= 11 is 0. The predicted octanol–water partition coefficient (Wildman–Crippen LogP) is 7.71. The number of azide groups is 4. The third-order valence-corrected chi connectivity index (χ3v) is 3.67. The van der Waals surface area contributed by atoms with E-state index in [0.717, 1.165) is 5.39 Å². The van der Waals surface area contributed by atoms with Crippen LogP contribution in [0.5, 0.6) is 0 Å². The molecule has 12 heteroatoms. The summed E-state index contributed by atoms with van der Waals surface area (Å²) in [6, 6.07) is 10.4. The van der Waals surface area contributed by atoms with Crippen LogP contribution in [0.15, 0.2) is 56.9 Å². The van der Waals surface area contributed by atoms with Crippen molar-refractivity contribution >= 4 is 33.5 Å². The van der Waals surface area contributed by atoms with Crippen molar-refractivity contribution in [2.45, 2.75) is 0 Å². The first-order valence-corrected chi connectivity index (χ1v) is 6.98. The molecule has 122 valence electrons. The minimum Gasteiger partial charge on any atom is -0.0616 e. The summed E-state index contributed by atoms with van der Waals surface area (Å²) in [5.74, 6) is 0. The maximum Gasteiger partial charge on any atom is 0.0579 e. The second-order valence-corrected chi connectivity index (χ2v) is 4.86. The van der Waals surface area contributed by atoms with Gasteiger partial charge in [-0.25, -0.2) is 0 Å². The highest BCUT2D eigenvalue weighted by Gasteiger charge is 2.25. The van der Waals surface area contributed by atoms with Crippen LogP contribution >= 0.6 is 0 Å². The maximum absolute atomic E-state index is 8.96. The lowest BCUT2D eigenvalue weighted by Gasteiger charge is -2.03. The average molecular weight is 342 g/mol. The second-order valence-electron chi connectivity index (χ2n) is 4.86. The molecule has 3 rings (SSSR count). The smallest absolute Gasteiger partial charge is 0.0579 e. The Morgan fingerprint density at radius 2 is 1.15 bits per heavy atom. The van der Waals surface area contributed by atoms with E-state index >= 15 is 0 Å². The quantitative estimate of drug-likeness (QED) is 0.254. The molecule has 1 aromatic rings. The molecule has 1 aromatic carbocycles. The fraction of sp³-hybridized carbons (Fsp3) is 0. The Labute approximate surface area is 144 Å². The van der Waals surface area contributed by atoms with Gasteiger partial charge in [-0.15, -0.1) is 0 Å². The Morgan fingerprint density at radius 3 is 1.81 bits per heavy atom. The monoisotopic (exact) mass is 342 g/mol. The Balaban J connectivity index is 2.74. The summed E-state index contributed by atoms with van der Waals surface area (Å²) in [4.78, 5) is 11.0. The highest BCUT2D eigenvalue weighted by molar-refractivity contribution is 6.14. The number of rotatable bonds is 4. The average Bonchev–Trinajstić information content (AvgIpc) is 2.83. The van der Waals surface area contributed by atoms with E-state index in [1.807, 2.05) is 6.07 Å². The molecule has 0 aromatic heterocycles. The van der Waals surface area contributed by atoms with E-state index in [1.54, 1.807) is 30.3 Å². The predicted molar refractivity (Wildman–Crippen MR) is 95.8 cm³/mol. The highest BCUT2D eigenvalue weighted by atomic mass is 15.2. The molecule has 0 unspecified atom stereocenters. The zero-order valence-corrected chi connectivity index (χ0v) is 12.8. The van der Waals surface area contributed by atoms with Crippen molar-refractivity contribution < 1.29 is 0 Å². The molecule has 26 heavy (non-hydrogen) atoms. The van der Waals surface area contributed by atoms with Gasteiger partial charge in [0.2, 0.25) is 0 Å². The third kappa shape index (κ3) is 2.49. The van der Waals surface area contributed by atoms with Gasteiger partial charge in [0.1, 0.15) is 0 Å². The van der Waals surface area contributed by atoms with Gasteiger partial charge in [-0.05, 0) is 32.9 Å². The van der Waals surface area contributed by atoms with Gasteiger partial charge in [-0.3, -0.25) is 0 Å². The zero-order valence-electron chi connectivity index (χ0n) is 12.8. The molecule has 0 bridgehead atoms. The van der Waals surface area contributed by atoms with Crippen molar-refractivity contribution in [3.63, 3.8) is 0 Å². The molecule has 0 saturated carbocycles. The Kier molecular flexibility index (Phi) is 4.32. The maximum atomic E-state index is 8.96. The van der Waals surface area contributed by atoms with Gasteiger partial charge in [0.25, 0.3) is 0 Å². The van der Waals surface area contributed by atoms with Crippen LogP contribution in [0.2, 0.25) is 0 Å². The summed E-state index contributed by atoms with van der Waals surface area (Å²) in [6.45, 7) is 0. The zero-order chi connectivity index (χ0) is 18.5. The largest absolute Gasteiger partial charge is 0.0616 e. The molecule has 12 nitrogen and oxygen atoms in total. The van der Waals surface area contributed by atoms with Gasteiger partial charge in [-0.1, -0.05) is 56.9 Å². The number of hydrogen-bond acceptors (Lipinski definition) is 4. The van der Waals surface area contributed by atoms with Crippen molar-refractivity contribution in [2.75, 3.05) is 0 Å². The summed E-state index contributed by atoms with van der Waals surface area (Å²) in [5, 5.41) is 15.8. The molecule has 2 aliphatic rings. The van der Waals surface area contributed by atoms with E-state index in [2.05, 4.69) is 40.1 Å². The second kappa shape index (κ2) is 6.90. The summed E-state index contributed by atoms with van der Waals surface area (Å²) in [6.07, 6.45) is 0. The van der Waals surface area contributed by atoms with E-state index < -0.39 is 0 Å². The van der Waals surface area contributed by atoms with Crippen LogP contribution in [0.1, 0.15) is 0 Å². The minimum atomic E-state index is -0.135. The van der Waals surface area contributed by atoms with Crippen molar-refractivity contribution in [1.82, 2.24) is 0 Å². The molecule has 0 fully saturated rings. The molecular formula is C14H6N12. The summed E-state index contributed by atoms with van der Waals surface area (Å²) < 4.78 is 0. The molecule has 0 amide bonds. The lowest BCUT2D eigenvalue weighted by Crippen LogP contribution is -1.74. The molecule has 0 N–H and O–H groups in total. The minimum absolute atomic E-state index is 0.00973. The van der Waals surface area contributed by atoms with Crippen LogP contribution in [0.25, 0.3) is 63.7 Å². The van der Waals surface area contributed by atoms with Gasteiger partial charge in [0.15, 0.2) is 0 Å². The van der Waals surface area contributed by atoms with E-state index in [4.69, 9.17) is 22.1 Å². The van der Waals surface area contributed by atoms with Gasteiger partial charge < -0.3 is 0 Å². The van der Waals surface area contributed by atoms with Crippen LogP contribution in [-0.4, -0.2) is 0 Å². The van der Waals surface area contributed by atoms with Crippen molar-refractivity contribution in [2.24, 2.45) is 20.5 Å². The Bertz CT molecular complexity index is 1200. The lowest BCUT2D eigenvalue weighted by molar-refractivity contribution is 1.41. The van der Waals surface area contributed by atoms with Gasteiger partial charge >= 0.3 is 0 Å². The number of benzene rings is 1. The molecule has 0 aliphatic heterocycles. The topological polar surface area (TPSA) is 195 Å². The van der Waals surface area contributed by atoms with E-state index in [9.17, 15) is 0 Å². The number of nitrogens with zero attached hydrogens (tertiary/aromatic N) is 12. The fourth-order valence-electron chi connectivity index (χ4n) is 2.77. The lowest BCUT2D eigenvalue weighted by atomic mass is 10.0. The standard InChI is InChI=1S/C14H6N12/c15-23-19-9-6-5-7-3-1-2-4-8(7)10-11(9)13(21-25-17)14(22-26-18)12(10)20-24-16/h1-6H. The van der Waals surface area contributed by atoms with E-state index in [0.29, 0.717) is 10.9 Å². The third-order valence-electron chi connectivity index (χ3n) is 3.67. The van der Waals surface area contributed by atoms with Crippen LogP contribution in [0, 0.1) is 0 Å². The highest BCUT2D eigenvalue weighted by Crippen LogP contribution is 2.58. The molecule has 0 atom stereocenters. The Hall–Kier alpha value is -4.58. The molecule has 2 aliphatic carbocycles. The van der Waals surface area contributed by atoms with Crippen LogP contribution < -0.4 is 0 Å². The first-order chi connectivity index (χ1) is 12.8. The van der Waals surface area contributed by atoms with Crippen LogP contribution in [0.3, 0.4) is 0 Å². The van der Waals surface area contributed by atoms with E-state index in [1.165, 1.54) is 0 Å². The fourth-order valence-corrected chi connectivity index (χ4v) is 2.77. The molecule has 0 saturated heterocycles. The molecule has 0 spiro atoms. The van der Waals surface area contributed by atoms with Gasteiger partial charge in [0, 0.05) is 36.5 Å². The SMILES string of the molecule is [N-]=[N+]=Nc1ccc2ccccc2c2c(N=[N+]=[N-])c(N=[N+]=[N-])c(N=[N+]=[N-])c1-2. The first kappa shape index (κ1) is 16.3. The number of fused-ring (bicyclic) bond motifs is 3. The summed E-state index contributed by atoms with van der Waals surface area (Å²) in [7, 11) is 0. The molecule has 0 heterocycles.